The summed E-state index contributed by atoms with van der Waals surface area (Å²) in [7, 11) is 1.74. The molecular formula is C21H20ClFN2O2. The van der Waals surface area contributed by atoms with Crippen molar-refractivity contribution in [2.24, 2.45) is 0 Å². The highest BCUT2D eigenvalue weighted by atomic mass is 35.5. The summed E-state index contributed by atoms with van der Waals surface area (Å²) in [5.41, 5.74) is 1.76. The fourth-order valence-electron chi connectivity index (χ4n) is 2.74. The quantitative estimate of drug-likeness (QED) is 0.578. The van der Waals surface area contributed by atoms with Gasteiger partial charge in [-0.15, -0.1) is 0 Å². The topological polar surface area (TPSA) is 46.3 Å². The predicted molar refractivity (Wildman–Crippen MR) is 103 cm³/mol. The van der Waals surface area contributed by atoms with Gasteiger partial charge in [-0.1, -0.05) is 23.7 Å². The third kappa shape index (κ3) is 4.74. The van der Waals surface area contributed by atoms with Crippen molar-refractivity contribution in [2.45, 2.75) is 25.8 Å². The molecule has 1 atom stereocenters. The van der Waals surface area contributed by atoms with E-state index in [0.717, 1.165) is 11.1 Å². The van der Waals surface area contributed by atoms with Crippen LogP contribution in [0.25, 0.3) is 11.3 Å². The molecule has 0 aliphatic rings. The minimum Gasteiger partial charge on any atom is -0.441 e. The molecule has 0 aliphatic carbocycles. The Bertz CT molecular complexity index is 907. The van der Waals surface area contributed by atoms with Gasteiger partial charge in [-0.2, -0.15) is 0 Å². The van der Waals surface area contributed by atoms with Gasteiger partial charge in [-0.25, -0.2) is 9.37 Å². The number of hydrogen-bond donors (Lipinski definition) is 0. The Morgan fingerprint density at radius 1 is 1.19 bits per heavy atom. The van der Waals surface area contributed by atoms with Crippen LogP contribution in [0.4, 0.5) is 4.39 Å². The predicted octanol–water partition coefficient (Wildman–Crippen LogP) is 5.29. The van der Waals surface area contributed by atoms with E-state index in [9.17, 15) is 9.18 Å². The van der Waals surface area contributed by atoms with Crippen LogP contribution < -0.4 is 0 Å². The molecule has 6 heteroatoms. The maximum Gasteiger partial charge on any atom is 0.223 e. The van der Waals surface area contributed by atoms with E-state index in [1.54, 1.807) is 42.4 Å². The van der Waals surface area contributed by atoms with Gasteiger partial charge >= 0.3 is 0 Å². The van der Waals surface area contributed by atoms with Gasteiger partial charge in [0.2, 0.25) is 5.91 Å². The summed E-state index contributed by atoms with van der Waals surface area (Å²) in [6.45, 7) is 1.91. The number of hydrogen-bond acceptors (Lipinski definition) is 3. The molecule has 0 saturated heterocycles. The van der Waals surface area contributed by atoms with Crippen molar-refractivity contribution in [3.63, 3.8) is 0 Å². The van der Waals surface area contributed by atoms with Crippen molar-refractivity contribution in [3.05, 3.63) is 77.0 Å². The lowest BCUT2D eigenvalue weighted by atomic mass is 10.1. The number of nitrogens with zero attached hydrogens (tertiary/aromatic N) is 2. The van der Waals surface area contributed by atoms with E-state index in [-0.39, 0.29) is 24.2 Å². The summed E-state index contributed by atoms with van der Waals surface area (Å²) in [5.74, 6) is 0.830. The Balaban J connectivity index is 1.58. The highest BCUT2D eigenvalue weighted by Crippen LogP contribution is 2.24. The summed E-state index contributed by atoms with van der Waals surface area (Å²) in [5, 5.41) is 0.655. The number of benzene rings is 2. The van der Waals surface area contributed by atoms with Crippen LogP contribution in [0.3, 0.4) is 0 Å². The van der Waals surface area contributed by atoms with Crippen LogP contribution >= 0.6 is 11.6 Å². The van der Waals surface area contributed by atoms with E-state index in [1.807, 2.05) is 19.1 Å². The molecule has 27 heavy (non-hydrogen) atoms. The molecule has 1 unspecified atom stereocenters. The highest BCUT2D eigenvalue weighted by molar-refractivity contribution is 6.30. The van der Waals surface area contributed by atoms with E-state index in [4.69, 9.17) is 16.0 Å². The van der Waals surface area contributed by atoms with Crippen LogP contribution in [-0.4, -0.2) is 22.8 Å². The third-order valence-electron chi connectivity index (χ3n) is 4.56. The lowest BCUT2D eigenvalue weighted by Gasteiger charge is -2.25. The van der Waals surface area contributed by atoms with Gasteiger partial charge in [0, 0.05) is 30.5 Å². The van der Waals surface area contributed by atoms with Gasteiger partial charge in [0.05, 0.1) is 12.2 Å². The molecule has 1 amide bonds. The van der Waals surface area contributed by atoms with E-state index in [1.165, 1.54) is 12.1 Å². The molecule has 0 radical (unpaired) electrons. The van der Waals surface area contributed by atoms with Gasteiger partial charge in [-0.3, -0.25) is 4.79 Å². The summed E-state index contributed by atoms with van der Waals surface area (Å²) in [4.78, 5) is 18.4. The fraction of sp³-hybridized carbons (Fsp3) is 0.238. The fourth-order valence-corrected chi connectivity index (χ4v) is 2.87. The first-order valence-corrected chi connectivity index (χ1v) is 9.03. The highest BCUT2D eigenvalue weighted by Gasteiger charge is 2.18. The zero-order valence-corrected chi connectivity index (χ0v) is 15.9. The first-order chi connectivity index (χ1) is 12.9. The second-order valence-corrected chi connectivity index (χ2v) is 6.79. The van der Waals surface area contributed by atoms with Crippen molar-refractivity contribution in [1.29, 1.82) is 0 Å². The van der Waals surface area contributed by atoms with Crippen molar-refractivity contribution in [3.8, 4) is 11.3 Å². The first kappa shape index (κ1) is 19.1. The lowest BCUT2D eigenvalue weighted by Crippen LogP contribution is -2.29. The average molecular weight is 387 g/mol. The Kier molecular flexibility index (Phi) is 5.91. The number of aromatic nitrogens is 1. The van der Waals surface area contributed by atoms with E-state index in [0.29, 0.717) is 23.1 Å². The molecule has 0 bridgehead atoms. The van der Waals surface area contributed by atoms with Crippen molar-refractivity contribution in [1.82, 2.24) is 9.88 Å². The van der Waals surface area contributed by atoms with Gasteiger partial charge in [0.25, 0.3) is 0 Å². The van der Waals surface area contributed by atoms with E-state index < -0.39 is 0 Å². The van der Waals surface area contributed by atoms with Crippen molar-refractivity contribution in [2.75, 3.05) is 7.05 Å². The molecule has 0 saturated carbocycles. The second-order valence-electron chi connectivity index (χ2n) is 6.36. The minimum absolute atomic E-state index is 0.0296. The Labute approximate surface area is 162 Å². The molecule has 1 heterocycles. The van der Waals surface area contributed by atoms with Gasteiger partial charge < -0.3 is 9.32 Å². The minimum atomic E-state index is -0.291. The van der Waals surface area contributed by atoms with Crippen LogP contribution in [0, 0.1) is 5.82 Å². The van der Waals surface area contributed by atoms with Gasteiger partial charge in [0.1, 0.15) is 5.82 Å². The lowest BCUT2D eigenvalue weighted by molar-refractivity contribution is -0.131. The SMILES string of the molecule is CC(c1ccc(F)cc1)N(C)C(=O)CCc1ncc(-c2ccc(Cl)cc2)o1. The summed E-state index contributed by atoms with van der Waals surface area (Å²) in [6, 6.07) is 13.3. The first-order valence-electron chi connectivity index (χ1n) is 8.66. The van der Waals surface area contributed by atoms with Gasteiger partial charge in [-0.05, 0) is 48.9 Å². The number of aryl methyl sites for hydroxylation is 1. The zero-order chi connectivity index (χ0) is 19.4. The molecule has 0 spiro atoms. The number of carbonyl (C=O) groups excluding carboxylic acids is 1. The monoisotopic (exact) mass is 386 g/mol. The molecule has 4 nitrogen and oxygen atoms in total. The zero-order valence-electron chi connectivity index (χ0n) is 15.2. The number of carbonyl (C=O) groups is 1. The molecule has 1 aromatic heterocycles. The Morgan fingerprint density at radius 2 is 1.85 bits per heavy atom. The molecule has 0 N–H and O–H groups in total. The van der Waals surface area contributed by atoms with Crippen LogP contribution in [-0.2, 0) is 11.2 Å². The standard InChI is InChI=1S/C21H20ClFN2O2/c1-14(15-5-9-18(23)10-6-15)25(2)21(26)12-11-20-24-13-19(27-20)16-3-7-17(22)8-4-16/h3-10,13-14H,11-12H2,1-2H3. The largest absolute Gasteiger partial charge is 0.441 e. The Morgan fingerprint density at radius 3 is 2.52 bits per heavy atom. The molecule has 3 aromatic rings. The average Bonchev–Trinajstić information content (AvgIpc) is 3.15. The van der Waals surface area contributed by atoms with Crippen LogP contribution in [0.1, 0.15) is 30.8 Å². The van der Waals surface area contributed by atoms with Crippen LogP contribution in [0.2, 0.25) is 5.02 Å². The molecule has 3 rings (SSSR count). The van der Waals surface area contributed by atoms with Gasteiger partial charge in [0.15, 0.2) is 11.7 Å². The molecule has 140 valence electrons. The summed E-state index contributed by atoms with van der Waals surface area (Å²) < 4.78 is 18.8. The second kappa shape index (κ2) is 8.35. The maximum atomic E-state index is 13.1. The number of rotatable bonds is 6. The van der Waals surface area contributed by atoms with Crippen molar-refractivity contribution < 1.29 is 13.6 Å². The molecule has 0 aliphatic heterocycles. The van der Waals surface area contributed by atoms with Crippen LogP contribution in [0.15, 0.2) is 59.1 Å². The summed E-state index contributed by atoms with van der Waals surface area (Å²) >= 11 is 5.89. The molecular weight excluding hydrogens is 367 g/mol. The van der Waals surface area contributed by atoms with Crippen LogP contribution in [0.5, 0.6) is 0 Å². The normalized spacial score (nSPS) is 12.0. The number of halogens is 2. The number of amides is 1. The third-order valence-corrected chi connectivity index (χ3v) is 4.81. The van der Waals surface area contributed by atoms with E-state index >= 15 is 0 Å². The van der Waals surface area contributed by atoms with Crippen molar-refractivity contribution >= 4 is 17.5 Å². The molecule has 2 aromatic carbocycles. The Hall–Kier alpha value is -2.66. The van der Waals surface area contributed by atoms with E-state index in [2.05, 4.69) is 4.98 Å². The molecule has 0 fully saturated rings. The summed E-state index contributed by atoms with van der Waals surface area (Å²) in [6.07, 6.45) is 2.34. The maximum absolute atomic E-state index is 13.1. The number of oxazole rings is 1. The smallest absolute Gasteiger partial charge is 0.223 e.